The highest BCUT2D eigenvalue weighted by Gasteiger charge is 2.39. The van der Waals surface area contributed by atoms with Crippen LogP contribution in [0.15, 0.2) is 84.7 Å². The lowest BCUT2D eigenvalue weighted by molar-refractivity contribution is 0.701. The largest absolute Gasteiger partial charge is 0.337 e. The van der Waals surface area contributed by atoms with Crippen LogP contribution in [-0.4, -0.2) is 10.6 Å². The minimum absolute atomic E-state index is 0.385. The van der Waals surface area contributed by atoms with E-state index < -0.39 is 0 Å². The van der Waals surface area contributed by atoms with Gasteiger partial charge in [0.05, 0.1) is 11.6 Å². The van der Waals surface area contributed by atoms with Crippen LogP contribution in [0.2, 0.25) is 0 Å². The molecule has 2 heterocycles. The number of rotatable bonds is 2. The Morgan fingerprint density at radius 1 is 0.750 bits per heavy atom. The van der Waals surface area contributed by atoms with Crippen molar-refractivity contribution in [2.75, 3.05) is 4.90 Å². The van der Waals surface area contributed by atoms with Crippen molar-refractivity contribution in [1.82, 2.24) is 4.57 Å². The molecule has 2 nitrogen and oxygen atoms in total. The summed E-state index contributed by atoms with van der Waals surface area (Å²) in [5.41, 5.74) is 10.1. The fourth-order valence-corrected chi connectivity index (χ4v) is 6.28. The molecule has 2 unspecified atom stereocenters. The Morgan fingerprint density at radius 2 is 1.53 bits per heavy atom. The Morgan fingerprint density at radius 3 is 2.34 bits per heavy atom. The van der Waals surface area contributed by atoms with Crippen LogP contribution >= 0.6 is 0 Å². The lowest BCUT2D eigenvalue weighted by Crippen LogP contribution is -2.32. The van der Waals surface area contributed by atoms with Crippen molar-refractivity contribution in [3.63, 3.8) is 0 Å². The summed E-state index contributed by atoms with van der Waals surface area (Å²) >= 11 is 0. The van der Waals surface area contributed by atoms with Gasteiger partial charge >= 0.3 is 0 Å². The Hall–Kier alpha value is -3.26. The molecule has 0 spiro atoms. The molecule has 0 bridgehead atoms. The fourth-order valence-electron chi connectivity index (χ4n) is 6.28. The van der Waals surface area contributed by atoms with Gasteiger partial charge in [-0.15, -0.1) is 0 Å². The molecule has 1 aromatic carbocycles. The number of hydrogen-bond acceptors (Lipinski definition) is 1. The molecule has 5 aliphatic rings. The fraction of sp³-hybridized carbons (Fsp3) is 0.267. The summed E-state index contributed by atoms with van der Waals surface area (Å²) in [7, 11) is 0. The molecule has 0 saturated heterocycles. The highest BCUT2D eigenvalue weighted by molar-refractivity contribution is 5.98. The number of allylic oxidation sites excluding steroid dienone is 11. The quantitative estimate of drug-likeness (QED) is 0.494. The van der Waals surface area contributed by atoms with Gasteiger partial charge in [0.2, 0.25) is 0 Å². The van der Waals surface area contributed by atoms with E-state index in [1.807, 2.05) is 0 Å². The van der Waals surface area contributed by atoms with E-state index >= 15 is 0 Å². The van der Waals surface area contributed by atoms with Crippen molar-refractivity contribution in [2.24, 2.45) is 0 Å². The molecule has 2 heteroatoms. The molecule has 158 valence electrons. The van der Waals surface area contributed by atoms with Gasteiger partial charge in [-0.3, -0.25) is 0 Å². The van der Waals surface area contributed by atoms with Gasteiger partial charge in [-0.2, -0.15) is 0 Å². The molecule has 1 aliphatic heterocycles. The molecular formula is C30H28N2. The molecule has 1 aromatic heterocycles. The number of hydrogen-bond donors (Lipinski definition) is 0. The van der Waals surface area contributed by atoms with Crippen molar-refractivity contribution >= 4 is 28.4 Å². The predicted octanol–water partition coefficient (Wildman–Crippen LogP) is 7.42. The van der Waals surface area contributed by atoms with Crippen LogP contribution in [0.25, 0.3) is 22.7 Å². The normalized spacial score (nSPS) is 25.1. The van der Waals surface area contributed by atoms with E-state index in [-0.39, 0.29) is 0 Å². The van der Waals surface area contributed by atoms with Gasteiger partial charge in [0.15, 0.2) is 0 Å². The van der Waals surface area contributed by atoms with Crippen molar-refractivity contribution < 1.29 is 0 Å². The summed E-state index contributed by atoms with van der Waals surface area (Å²) in [6.07, 6.45) is 34.4. The SMILES string of the molecule is C1=CCCC(N2c3cc4c(cc3C3C=CC=CC32)c2c(n4C3=CC=CCC3)CCC=C2)=C1. The summed E-state index contributed by atoms with van der Waals surface area (Å²) in [6.45, 7) is 0. The van der Waals surface area contributed by atoms with E-state index in [0.29, 0.717) is 12.0 Å². The standard InChI is InChI=1S/C30H28N2/c1-3-11-21(12-4-1)31-27-17-9-7-15-23(27)25-19-26-24-16-8-10-18-28(24)32(30(26)20-29(25)31)22-13-5-2-6-14-22/h1-3,5,7-9,11,13,15-17,19-20,23,27H,4,6,10,12,14,18H2. The monoisotopic (exact) mass is 416 g/mol. The van der Waals surface area contributed by atoms with E-state index in [4.69, 9.17) is 0 Å². The van der Waals surface area contributed by atoms with Crippen molar-refractivity contribution in [2.45, 2.75) is 50.5 Å². The van der Waals surface area contributed by atoms with Gasteiger partial charge in [0.25, 0.3) is 0 Å². The molecule has 2 aromatic rings. The summed E-state index contributed by atoms with van der Waals surface area (Å²) in [4.78, 5) is 2.63. The van der Waals surface area contributed by atoms with Crippen molar-refractivity contribution in [1.29, 1.82) is 0 Å². The highest BCUT2D eigenvalue weighted by atomic mass is 15.2. The second-order valence-corrected chi connectivity index (χ2v) is 9.47. The lowest BCUT2D eigenvalue weighted by Gasteiger charge is -2.31. The van der Waals surface area contributed by atoms with Crippen molar-refractivity contribution in [3.8, 4) is 0 Å². The maximum atomic E-state index is 2.63. The zero-order chi connectivity index (χ0) is 21.1. The van der Waals surface area contributed by atoms with Crippen molar-refractivity contribution in [3.05, 3.63) is 101 Å². The van der Waals surface area contributed by atoms with E-state index in [0.717, 1.165) is 38.5 Å². The predicted molar refractivity (Wildman–Crippen MR) is 136 cm³/mol. The van der Waals surface area contributed by atoms with Crippen LogP contribution < -0.4 is 4.90 Å². The van der Waals surface area contributed by atoms with Crippen LogP contribution in [0, 0.1) is 0 Å². The average molecular weight is 417 g/mol. The smallest absolute Gasteiger partial charge is 0.0626 e. The number of fused-ring (bicyclic) bond motifs is 6. The first-order valence-electron chi connectivity index (χ1n) is 12.1. The molecule has 0 saturated carbocycles. The molecule has 0 radical (unpaired) electrons. The van der Waals surface area contributed by atoms with Gasteiger partial charge in [0, 0.05) is 39.6 Å². The zero-order valence-electron chi connectivity index (χ0n) is 18.4. The van der Waals surface area contributed by atoms with Crippen LogP contribution in [0.3, 0.4) is 0 Å². The minimum Gasteiger partial charge on any atom is -0.337 e. The van der Waals surface area contributed by atoms with E-state index in [1.165, 1.54) is 44.8 Å². The number of nitrogens with zero attached hydrogens (tertiary/aromatic N) is 2. The van der Waals surface area contributed by atoms with E-state index in [9.17, 15) is 0 Å². The summed E-state index contributed by atoms with van der Waals surface area (Å²) in [5.74, 6) is 0.426. The van der Waals surface area contributed by atoms with Crippen LogP contribution in [0.4, 0.5) is 5.69 Å². The topological polar surface area (TPSA) is 8.17 Å². The molecule has 4 aliphatic carbocycles. The second-order valence-electron chi connectivity index (χ2n) is 9.47. The Labute approximate surface area is 189 Å². The van der Waals surface area contributed by atoms with Gasteiger partial charge in [-0.05, 0) is 68.4 Å². The first kappa shape index (κ1) is 18.3. The Balaban J connectivity index is 1.51. The van der Waals surface area contributed by atoms with Crippen LogP contribution in [0.5, 0.6) is 0 Å². The van der Waals surface area contributed by atoms with Gasteiger partial charge in [0.1, 0.15) is 0 Å². The second kappa shape index (κ2) is 7.13. The molecular weight excluding hydrogens is 388 g/mol. The Kier molecular flexibility index (Phi) is 4.08. The summed E-state index contributed by atoms with van der Waals surface area (Å²) in [5, 5.41) is 1.42. The number of benzene rings is 1. The maximum Gasteiger partial charge on any atom is 0.0626 e. The summed E-state index contributed by atoms with van der Waals surface area (Å²) in [6, 6.07) is 5.42. The summed E-state index contributed by atoms with van der Waals surface area (Å²) < 4.78 is 2.60. The highest BCUT2D eigenvalue weighted by Crippen LogP contribution is 2.50. The number of anilines is 1. The molecule has 0 N–H and O–H groups in total. The van der Waals surface area contributed by atoms with Crippen LogP contribution in [-0.2, 0) is 6.42 Å². The minimum atomic E-state index is 0.385. The van der Waals surface area contributed by atoms with Gasteiger partial charge in [-0.25, -0.2) is 0 Å². The van der Waals surface area contributed by atoms with Gasteiger partial charge < -0.3 is 9.47 Å². The third-order valence-electron chi connectivity index (χ3n) is 7.69. The van der Waals surface area contributed by atoms with E-state index in [1.54, 1.807) is 0 Å². The maximum absolute atomic E-state index is 2.63. The lowest BCUT2D eigenvalue weighted by atomic mass is 9.90. The molecule has 0 amide bonds. The third kappa shape index (κ3) is 2.59. The molecule has 0 fully saturated rings. The zero-order valence-corrected chi connectivity index (χ0v) is 18.4. The molecule has 2 atom stereocenters. The van der Waals surface area contributed by atoms with Crippen LogP contribution in [0.1, 0.15) is 54.8 Å². The average Bonchev–Trinajstić information content (AvgIpc) is 3.36. The first-order valence-corrected chi connectivity index (χ1v) is 12.1. The molecule has 7 rings (SSSR count). The van der Waals surface area contributed by atoms with Gasteiger partial charge in [-0.1, -0.05) is 60.8 Å². The molecule has 32 heavy (non-hydrogen) atoms. The van der Waals surface area contributed by atoms with E-state index in [2.05, 4.69) is 94.5 Å². The number of aromatic nitrogens is 1. The first-order chi connectivity index (χ1) is 15.9. The third-order valence-corrected chi connectivity index (χ3v) is 7.69. The Bertz CT molecular complexity index is 1330.